The van der Waals surface area contributed by atoms with Gasteiger partial charge in [-0.2, -0.15) is 18.6 Å². The quantitative estimate of drug-likeness (QED) is 0.404. The zero-order valence-electron chi connectivity index (χ0n) is 15.1. The van der Waals surface area contributed by atoms with Crippen LogP contribution in [0.15, 0.2) is 69.7 Å². The molecule has 0 bridgehead atoms. The van der Waals surface area contributed by atoms with Crippen LogP contribution in [0.2, 0.25) is 0 Å². The van der Waals surface area contributed by atoms with Crippen molar-refractivity contribution in [2.75, 3.05) is 0 Å². The van der Waals surface area contributed by atoms with Gasteiger partial charge in [-0.05, 0) is 53.6 Å². The molecule has 0 saturated heterocycles. The monoisotopic (exact) mass is 392 g/mol. The van der Waals surface area contributed by atoms with Gasteiger partial charge in [-0.15, -0.1) is 5.75 Å². The summed E-state index contributed by atoms with van der Waals surface area (Å²) in [6, 6.07) is 14.4. The normalized spacial score (nSPS) is 11.6. The predicted molar refractivity (Wildman–Crippen MR) is 97.8 cm³/mol. The van der Waals surface area contributed by atoms with E-state index in [9.17, 15) is 13.5 Å². The van der Waals surface area contributed by atoms with Crippen molar-refractivity contribution in [1.29, 1.82) is 0 Å². The molecule has 0 saturated carbocycles. The van der Waals surface area contributed by atoms with E-state index >= 15 is 0 Å². The van der Waals surface area contributed by atoms with Crippen molar-refractivity contribution < 1.29 is 47.6 Å². The minimum Gasteiger partial charge on any atom is -0.872 e. The molecule has 1 N–H and O–H groups in total. The number of hydrogen-bond acceptors (Lipinski definition) is 5. The molecule has 27 heavy (non-hydrogen) atoms. The third kappa shape index (κ3) is 5.37. The van der Waals surface area contributed by atoms with Crippen LogP contribution in [-0.4, -0.2) is 13.0 Å². The maximum atomic E-state index is 11.7. The molecule has 0 atom stereocenters. The molecular weight excluding hydrogens is 375 g/mol. The molecular formula is C19H17N2NaO4S. The van der Waals surface area contributed by atoms with Crippen molar-refractivity contribution in [3.8, 4) is 5.75 Å². The van der Waals surface area contributed by atoms with Gasteiger partial charge in [0.2, 0.25) is 0 Å². The smallest absolute Gasteiger partial charge is 0.872 e. The zero-order valence-corrected chi connectivity index (χ0v) is 17.9. The number of benzene rings is 3. The van der Waals surface area contributed by atoms with E-state index in [0.29, 0.717) is 23.2 Å². The number of fused-ring (bicyclic) bond motifs is 1. The largest absolute Gasteiger partial charge is 1.00 e. The Hall–Kier alpha value is -1.77. The summed E-state index contributed by atoms with van der Waals surface area (Å²) in [5.41, 5.74) is 1.93. The molecule has 8 heteroatoms. The van der Waals surface area contributed by atoms with Gasteiger partial charge in [-0.1, -0.05) is 37.1 Å². The Bertz CT molecular complexity index is 1100. The zero-order chi connectivity index (χ0) is 18.7. The van der Waals surface area contributed by atoms with Crippen LogP contribution in [0.5, 0.6) is 5.75 Å². The summed E-state index contributed by atoms with van der Waals surface area (Å²) in [5.74, 6) is 0.00569. The van der Waals surface area contributed by atoms with E-state index in [1.807, 2.05) is 6.92 Å². The van der Waals surface area contributed by atoms with Crippen LogP contribution in [0.1, 0.15) is 18.9 Å². The molecule has 0 unspecified atom stereocenters. The molecule has 0 aliphatic carbocycles. The molecule has 0 aliphatic heterocycles. The molecule has 3 aromatic carbocycles. The Kier molecular flexibility index (Phi) is 7.13. The minimum atomic E-state index is -4.23. The van der Waals surface area contributed by atoms with Gasteiger partial charge in [0.25, 0.3) is 10.1 Å². The van der Waals surface area contributed by atoms with E-state index in [2.05, 4.69) is 10.2 Å². The first-order valence-electron chi connectivity index (χ1n) is 8.10. The van der Waals surface area contributed by atoms with E-state index in [0.717, 1.165) is 17.4 Å². The molecule has 0 aliphatic rings. The predicted octanol–water partition coefficient (Wildman–Crippen LogP) is 1.53. The van der Waals surface area contributed by atoms with E-state index in [-0.39, 0.29) is 40.2 Å². The van der Waals surface area contributed by atoms with Gasteiger partial charge in [0.15, 0.2) is 0 Å². The van der Waals surface area contributed by atoms with Gasteiger partial charge in [-0.25, -0.2) is 0 Å². The van der Waals surface area contributed by atoms with E-state index in [1.165, 1.54) is 18.2 Å². The molecule has 6 nitrogen and oxygen atoms in total. The van der Waals surface area contributed by atoms with E-state index in [1.54, 1.807) is 36.4 Å². The minimum absolute atomic E-state index is 0. The molecule has 0 aromatic heterocycles. The first-order valence-corrected chi connectivity index (χ1v) is 9.54. The van der Waals surface area contributed by atoms with Crippen LogP contribution >= 0.6 is 0 Å². The second-order valence-electron chi connectivity index (χ2n) is 5.91. The Morgan fingerprint density at radius 3 is 2.19 bits per heavy atom. The average Bonchev–Trinajstić information content (AvgIpc) is 2.61. The van der Waals surface area contributed by atoms with Crippen molar-refractivity contribution >= 4 is 32.3 Å². The fourth-order valence-corrected chi connectivity index (χ4v) is 3.16. The summed E-state index contributed by atoms with van der Waals surface area (Å²) in [5, 5.41) is 21.5. The van der Waals surface area contributed by atoms with Crippen LogP contribution in [0, 0.1) is 0 Å². The molecule has 0 amide bonds. The van der Waals surface area contributed by atoms with Gasteiger partial charge in [-0.3, -0.25) is 4.55 Å². The van der Waals surface area contributed by atoms with Crippen LogP contribution in [-0.2, 0) is 16.5 Å². The van der Waals surface area contributed by atoms with E-state index < -0.39 is 10.1 Å². The van der Waals surface area contributed by atoms with Crippen molar-refractivity contribution in [3.05, 3.63) is 60.2 Å². The van der Waals surface area contributed by atoms with Gasteiger partial charge >= 0.3 is 29.6 Å². The summed E-state index contributed by atoms with van der Waals surface area (Å²) in [7, 11) is -4.23. The summed E-state index contributed by atoms with van der Waals surface area (Å²) >= 11 is 0. The number of rotatable bonds is 5. The average molecular weight is 392 g/mol. The van der Waals surface area contributed by atoms with Crippen LogP contribution in [0.4, 0.5) is 11.4 Å². The van der Waals surface area contributed by atoms with Gasteiger partial charge in [0, 0.05) is 0 Å². The number of nitrogens with zero attached hydrogens (tertiary/aromatic N) is 2. The summed E-state index contributed by atoms with van der Waals surface area (Å²) in [6.07, 6.45) is 1.58. The maximum absolute atomic E-state index is 11.7. The molecule has 0 fully saturated rings. The number of aryl methyl sites for hydroxylation is 1. The molecule has 134 valence electrons. The first-order chi connectivity index (χ1) is 12.4. The van der Waals surface area contributed by atoms with Crippen LogP contribution < -0.4 is 34.7 Å². The second kappa shape index (κ2) is 8.95. The number of hydrogen-bond donors (Lipinski definition) is 1. The topological polar surface area (TPSA) is 102 Å². The summed E-state index contributed by atoms with van der Waals surface area (Å²) in [6.45, 7) is 2.01. The molecule has 0 heterocycles. The van der Waals surface area contributed by atoms with Crippen molar-refractivity contribution in [1.82, 2.24) is 0 Å². The summed E-state index contributed by atoms with van der Waals surface area (Å²) < 4.78 is 31.5. The Labute approximate surface area is 180 Å². The van der Waals surface area contributed by atoms with Crippen molar-refractivity contribution in [2.24, 2.45) is 10.2 Å². The van der Waals surface area contributed by atoms with Crippen LogP contribution in [0.25, 0.3) is 10.8 Å². The molecule has 3 rings (SSSR count). The molecule has 3 aromatic rings. The second-order valence-corrected chi connectivity index (χ2v) is 7.33. The molecule has 0 radical (unpaired) electrons. The fraction of sp³-hybridized carbons (Fsp3) is 0.158. The third-order valence-corrected chi connectivity index (χ3v) is 4.79. The van der Waals surface area contributed by atoms with Crippen molar-refractivity contribution in [3.63, 3.8) is 0 Å². The first kappa shape index (κ1) is 21.5. The van der Waals surface area contributed by atoms with Gasteiger partial charge in [0.1, 0.15) is 0 Å². The standard InChI is InChI=1S/C19H18N2O4S.Na/c1-2-3-15-11-17(7-9-19(15)22)21-20-16-6-4-14-12-18(26(23,24)25)8-5-13(14)10-16;/h4-12,22H,2-3H2,1H3,(H,23,24,25);/q;+1/p-1. The molecule has 0 spiro atoms. The van der Waals surface area contributed by atoms with Gasteiger partial charge in [0.05, 0.1) is 16.3 Å². The van der Waals surface area contributed by atoms with Crippen LogP contribution in [0.3, 0.4) is 0 Å². The number of azo groups is 1. The Balaban J connectivity index is 0.00000261. The summed E-state index contributed by atoms with van der Waals surface area (Å²) in [4.78, 5) is -0.152. The SMILES string of the molecule is CCCc1cc(N=Nc2ccc3cc(S(=O)(=O)O)ccc3c2)ccc1[O-].[Na+]. The Morgan fingerprint density at radius 2 is 1.52 bits per heavy atom. The van der Waals surface area contributed by atoms with Crippen molar-refractivity contribution in [2.45, 2.75) is 24.7 Å². The fourth-order valence-electron chi connectivity index (χ4n) is 2.64. The van der Waals surface area contributed by atoms with Gasteiger partial charge < -0.3 is 5.11 Å². The Morgan fingerprint density at radius 1 is 0.926 bits per heavy atom. The van der Waals surface area contributed by atoms with E-state index in [4.69, 9.17) is 4.55 Å². The third-order valence-electron chi connectivity index (χ3n) is 3.94. The maximum Gasteiger partial charge on any atom is 1.00 e.